The van der Waals surface area contributed by atoms with E-state index in [0.717, 1.165) is 0 Å². The van der Waals surface area contributed by atoms with Crippen LogP contribution in [0.25, 0.3) is 0 Å². The molecule has 0 heterocycles. The molecule has 0 aliphatic heterocycles. The van der Waals surface area contributed by atoms with Gasteiger partial charge in [-0.15, -0.1) is 0 Å². The van der Waals surface area contributed by atoms with E-state index < -0.39 is 30.3 Å². The van der Waals surface area contributed by atoms with E-state index in [0.29, 0.717) is 0 Å². The summed E-state index contributed by atoms with van der Waals surface area (Å²) in [6.07, 6.45) is -3.03. The molecule has 0 radical (unpaired) electrons. The first-order valence-corrected chi connectivity index (χ1v) is 6.34. The molecule has 0 aromatic carbocycles. The Morgan fingerprint density at radius 2 is 2.00 bits per heavy atom. The van der Waals surface area contributed by atoms with Crippen LogP contribution in [-0.2, 0) is 9.53 Å². The summed E-state index contributed by atoms with van der Waals surface area (Å²) in [5.41, 5.74) is 5.97. The second-order valence-electron chi connectivity index (χ2n) is 5.36. The molecule has 7 nitrogen and oxygen atoms in total. The summed E-state index contributed by atoms with van der Waals surface area (Å²) in [6, 6.07) is -0.733. The molecule has 1 aliphatic carbocycles. The van der Waals surface area contributed by atoms with Crippen molar-refractivity contribution in [1.29, 1.82) is 0 Å². The molecular formula is C12H22N2O5. The highest BCUT2D eigenvalue weighted by Gasteiger charge is 2.47. The monoisotopic (exact) mass is 274 g/mol. The fraction of sp³-hybridized carbons (Fsp3) is 0.833. The second kappa shape index (κ2) is 6.21. The molecule has 1 amide bonds. The predicted molar refractivity (Wildman–Crippen MR) is 67.4 cm³/mol. The number of aliphatic hydroxyl groups is 1. The van der Waals surface area contributed by atoms with Gasteiger partial charge >= 0.3 is 6.16 Å². The molecule has 0 saturated heterocycles. The minimum atomic E-state index is -1.43. The Labute approximate surface area is 112 Å². The first-order chi connectivity index (χ1) is 8.73. The Morgan fingerprint density at radius 1 is 1.42 bits per heavy atom. The van der Waals surface area contributed by atoms with Gasteiger partial charge in [-0.2, -0.15) is 0 Å². The smallest absolute Gasteiger partial charge is 0.450 e. The van der Waals surface area contributed by atoms with Crippen molar-refractivity contribution in [2.45, 2.75) is 51.5 Å². The molecule has 0 bridgehead atoms. The molecule has 0 spiro atoms. The van der Waals surface area contributed by atoms with Crippen LogP contribution in [0.5, 0.6) is 0 Å². The molecule has 0 aromatic rings. The van der Waals surface area contributed by atoms with E-state index in [1.165, 1.54) is 6.92 Å². The number of hydrogen-bond acceptors (Lipinski definition) is 5. The van der Waals surface area contributed by atoms with E-state index in [9.17, 15) is 14.7 Å². The minimum absolute atomic E-state index is 0.0678. The van der Waals surface area contributed by atoms with Crippen LogP contribution in [0.3, 0.4) is 0 Å². The van der Waals surface area contributed by atoms with Crippen LogP contribution in [0, 0.1) is 11.8 Å². The minimum Gasteiger partial charge on any atom is -0.450 e. The number of nitrogens with two attached hydrogens (primary N) is 1. The van der Waals surface area contributed by atoms with Gasteiger partial charge in [0.2, 0.25) is 5.91 Å². The number of carboxylic acid groups (broad SMARTS) is 1. The SMILES string of the molecule is CC(=O)NC(C(C)C)[C@H]1[C@@H](O)[C@H](OC(=O)O)C[C@H]1N. The van der Waals surface area contributed by atoms with Crippen LogP contribution in [0.2, 0.25) is 0 Å². The van der Waals surface area contributed by atoms with Crippen LogP contribution < -0.4 is 11.1 Å². The number of hydrogen-bond donors (Lipinski definition) is 4. The van der Waals surface area contributed by atoms with Crippen molar-refractivity contribution in [2.24, 2.45) is 17.6 Å². The maximum absolute atomic E-state index is 11.2. The summed E-state index contributed by atoms with van der Waals surface area (Å²) in [4.78, 5) is 21.8. The van der Waals surface area contributed by atoms with Crippen LogP contribution in [0.15, 0.2) is 0 Å². The first kappa shape index (κ1) is 15.7. The van der Waals surface area contributed by atoms with E-state index in [1.54, 1.807) is 0 Å². The number of aliphatic hydroxyl groups excluding tert-OH is 1. The predicted octanol–water partition coefficient (Wildman–Crippen LogP) is -0.0816. The molecule has 1 aliphatic rings. The maximum Gasteiger partial charge on any atom is 0.506 e. The van der Waals surface area contributed by atoms with Gasteiger partial charge in [0.05, 0.1) is 6.10 Å². The van der Waals surface area contributed by atoms with Gasteiger partial charge in [0.15, 0.2) is 0 Å². The number of ether oxygens (including phenoxy) is 1. The Bertz CT molecular complexity index is 347. The van der Waals surface area contributed by atoms with E-state index in [-0.39, 0.29) is 24.3 Å². The molecular weight excluding hydrogens is 252 g/mol. The second-order valence-corrected chi connectivity index (χ2v) is 5.36. The summed E-state index contributed by atoms with van der Waals surface area (Å²) in [7, 11) is 0. The van der Waals surface area contributed by atoms with Gasteiger partial charge in [-0.25, -0.2) is 4.79 Å². The summed E-state index contributed by atoms with van der Waals surface area (Å²) < 4.78 is 4.63. The largest absolute Gasteiger partial charge is 0.506 e. The molecule has 5 atom stereocenters. The topological polar surface area (TPSA) is 122 Å². The third kappa shape index (κ3) is 3.81. The fourth-order valence-corrected chi connectivity index (χ4v) is 2.73. The fourth-order valence-electron chi connectivity index (χ4n) is 2.73. The van der Waals surface area contributed by atoms with Crippen molar-refractivity contribution in [2.75, 3.05) is 0 Å². The van der Waals surface area contributed by atoms with E-state index in [2.05, 4.69) is 10.1 Å². The standard InChI is InChI=1S/C12H22N2O5/c1-5(2)10(14-6(3)15)9-7(13)4-8(11(9)16)19-12(17)18/h5,7-11,16H,4,13H2,1-3H3,(H,14,15)(H,17,18)/t7-,8-,9+,10?,11+/m1/s1. The third-order valence-corrected chi connectivity index (χ3v) is 3.53. The maximum atomic E-state index is 11.2. The van der Waals surface area contributed by atoms with Gasteiger partial charge in [-0.05, 0) is 5.92 Å². The molecule has 110 valence electrons. The van der Waals surface area contributed by atoms with Crippen molar-refractivity contribution in [1.82, 2.24) is 5.32 Å². The van der Waals surface area contributed by atoms with Gasteiger partial charge in [-0.3, -0.25) is 4.79 Å². The van der Waals surface area contributed by atoms with E-state index in [4.69, 9.17) is 10.8 Å². The molecule has 7 heteroatoms. The van der Waals surface area contributed by atoms with Crippen molar-refractivity contribution in [3.8, 4) is 0 Å². The Balaban J connectivity index is 2.84. The average Bonchev–Trinajstić information content (AvgIpc) is 2.50. The van der Waals surface area contributed by atoms with Crippen molar-refractivity contribution >= 4 is 12.1 Å². The summed E-state index contributed by atoms with van der Waals surface area (Å²) >= 11 is 0. The normalized spacial score (nSPS) is 32.1. The molecule has 1 saturated carbocycles. The number of nitrogens with one attached hydrogen (secondary N) is 1. The van der Waals surface area contributed by atoms with Crippen molar-refractivity contribution in [3.63, 3.8) is 0 Å². The lowest BCUT2D eigenvalue weighted by Gasteiger charge is -2.32. The molecule has 1 unspecified atom stereocenters. The Morgan fingerprint density at radius 3 is 2.42 bits per heavy atom. The van der Waals surface area contributed by atoms with Gasteiger partial charge in [0.25, 0.3) is 0 Å². The quantitative estimate of drug-likeness (QED) is 0.532. The summed E-state index contributed by atoms with van der Waals surface area (Å²) in [6.45, 7) is 5.21. The van der Waals surface area contributed by atoms with Crippen molar-refractivity contribution in [3.05, 3.63) is 0 Å². The molecule has 0 aromatic heterocycles. The number of carbonyl (C=O) groups excluding carboxylic acids is 1. The highest BCUT2D eigenvalue weighted by atomic mass is 16.7. The summed E-state index contributed by atoms with van der Waals surface area (Å²) in [5, 5.41) is 21.6. The molecule has 1 fully saturated rings. The lowest BCUT2D eigenvalue weighted by atomic mass is 9.85. The first-order valence-electron chi connectivity index (χ1n) is 6.34. The Hall–Kier alpha value is -1.34. The highest BCUT2D eigenvalue weighted by Crippen LogP contribution is 2.32. The van der Waals surface area contributed by atoms with Gasteiger partial charge in [0, 0.05) is 31.3 Å². The van der Waals surface area contributed by atoms with E-state index >= 15 is 0 Å². The average molecular weight is 274 g/mol. The van der Waals surface area contributed by atoms with E-state index in [1.807, 2.05) is 13.8 Å². The van der Waals surface area contributed by atoms with Gasteiger partial charge < -0.3 is 26.0 Å². The molecule has 19 heavy (non-hydrogen) atoms. The zero-order valence-electron chi connectivity index (χ0n) is 11.4. The highest BCUT2D eigenvalue weighted by molar-refractivity contribution is 5.73. The zero-order valence-corrected chi connectivity index (χ0v) is 11.4. The lowest BCUT2D eigenvalue weighted by Crippen LogP contribution is -2.51. The van der Waals surface area contributed by atoms with Gasteiger partial charge in [-0.1, -0.05) is 13.8 Å². The van der Waals surface area contributed by atoms with Crippen molar-refractivity contribution < 1.29 is 24.5 Å². The van der Waals surface area contributed by atoms with Crippen LogP contribution in [-0.4, -0.2) is 46.6 Å². The summed E-state index contributed by atoms with van der Waals surface area (Å²) in [5.74, 6) is -0.563. The van der Waals surface area contributed by atoms with Crippen LogP contribution in [0.1, 0.15) is 27.2 Å². The number of amides is 1. The zero-order chi connectivity index (χ0) is 14.7. The lowest BCUT2D eigenvalue weighted by molar-refractivity contribution is -0.121. The van der Waals surface area contributed by atoms with Gasteiger partial charge in [0.1, 0.15) is 6.10 Å². The molecule has 1 rings (SSSR count). The molecule has 5 N–H and O–H groups in total. The van der Waals surface area contributed by atoms with Crippen LogP contribution in [0.4, 0.5) is 4.79 Å². The number of carbonyl (C=O) groups is 2. The Kier molecular flexibility index (Phi) is 5.13. The van der Waals surface area contributed by atoms with Crippen LogP contribution >= 0.6 is 0 Å². The number of rotatable bonds is 4. The third-order valence-electron chi connectivity index (χ3n) is 3.53.